The molecule has 0 saturated carbocycles. The van der Waals surface area contributed by atoms with Gasteiger partial charge in [0.2, 0.25) is 0 Å². The lowest BCUT2D eigenvalue weighted by atomic mass is 10.1. The molecule has 5 heteroatoms. The Morgan fingerprint density at radius 2 is 2.04 bits per heavy atom. The van der Waals surface area contributed by atoms with Crippen LogP contribution < -0.4 is 5.06 Å². The Morgan fingerprint density at radius 1 is 1.22 bits per heavy atom. The highest BCUT2D eigenvalue weighted by molar-refractivity contribution is 5.77. The highest BCUT2D eigenvalue weighted by Gasteiger charge is 2.25. The van der Waals surface area contributed by atoms with Gasteiger partial charge in [-0.25, -0.2) is 10.0 Å². The zero-order valence-electron chi connectivity index (χ0n) is 12.8. The number of imidazole rings is 1. The third kappa shape index (κ3) is 2.40. The average Bonchev–Trinajstić information content (AvgIpc) is 3.18. The Morgan fingerprint density at radius 3 is 2.78 bits per heavy atom. The van der Waals surface area contributed by atoms with E-state index in [9.17, 15) is 5.11 Å². The first-order valence-electron chi connectivity index (χ1n) is 7.55. The van der Waals surface area contributed by atoms with Gasteiger partial charge in [0.25, 0.3) is 0 Å². The van der Waals surface area contributed by atoms with Crippen molar-refractivity contribution in [3.63, 3.8) is 0 Å². The molecular weight excluding hydrogens is 290 g/mol. The third-order valence-electron chi connectivity index (χ3n) is 3.88. The van der Waals surface area contributed by atoms with Crippen molar-refractivity contribution in [2.75, 3.05) is 11.7 Å². The number of hydrogen-bond acceptors (Lipinski definition) is 4. The number of fused-ring (bicyclic) bond motifs is 1. The fourth-order valence-corrected chi connectivity index (χ4v) is 2.74. The summed E-state index contributed by atoms with van der Waals surface area (Å²) in [6.07, 6.45) is 5.33. The van der Waals surface area contributed by atoms with Gasteiger partial charge in [0.05, 0.1) is 6.61 Å². The zero-order valence-corrected chi connectivity index (χ0v) is 12.8. The molecule has 0 aliphatic carbocycles. The lowest BCUT2D eigenvalue weighted by Gasteiger charge is -2.18. The Bertz CT molecular complexity index is 871. The minimum Gasteiger partial charge on any atom is -0.393 e. The van der Waals surface area contributed by atoms with Gasteiger partial charge < -0.3 is 5.11 Å². The number of hydroxylamine groups is 1. The Balaban J connectivity index is 1.91. The first-order valence-corrected chi connectivity index (χ1v) is 7.55. The predicted molar refractivity (Wildman–Crippen MR) is 88.9 cm³/mol. The smallest absolute Gasteiger partial charge is 0.170 e. The van der Waals surface area contributed by atoms with Gasteiger partial charge in [0, 0.05) is 18.0 Å². The quantitative estimate of drug-likeness (QED) is 0.808. The first kappa shape index (κ1) is 14.0. The molecule has 1 unspecified atom stereocenters. The van der Waals surface area contributed by atoms with Gasteiger partial charge >= 0.3 is 0 Å². The first-order chi connectivity index (χ1) is 11.3. The van der Waals surface area contributed by atoms with E-state index in [1.165, 1.54) is 0 Å². The molecule has 2 aromatic heterocycles. The lowest BCUT2D eigenvalue weighted by Crippen LogP contribution is -2.21. The molecular formula is C18H17N3O2. The van der Waals surface area contributed by atoms with Crippen molar-refractivity contribution in [2.45, 2.75) is 13.0 Å². The Kier molecular flexibility index (Phi) is 3.37. The van der Waals surface area contributed by atoms with Crippen LogP contribution in [-0.2, 0) is 4.84 Å². The molecule has 0 saturated heterocycles. The van der Waals surface area contributed by atoms with E-state index in [0.29, 0.717) is 0 Å². The van der Waals surface area contributed by atoms with Gasteiger partial charge in [-0.1, -0.05) is 30.3 Å². The molecule has 0 radical (unpaired) electrons. The molecule has 4 rings (SSSR count). The van der Waals surface area contributed by atoms with E-state index in [1.54, 1.807) is 5.06 Å². The van der Waals surface area contributed by atoms with Gasteiger partial charge in [-0.05, 0) is 30.7 Å². The number of aryl methyl sites for hydroxylation is 1. The summed E-state index contributed by atoms with van der Waals surface area (Å²) in [6, 6.07) is 14.1. The van der Waals surface area contributed by atoms with Gasteiger partial charge in [0.1, 0.15) is 17.4 Å². The van der Waals surface area contributed by atoms with Gasteiger partial charge in [-0.3, -0.25) is 9.24 Å². The molecule has 0 fully saturated rings. The van der Waals surface area contributed by atoms with Gasteiger partial charge in [-0.2, -0.15) is 0 Å². The number of aliphatic hydroxyl groups is 1. The number of aliphatic hydroxyl groups excluding tert-OH is 1. The van der Waals surface area contributed by atoms with E-state index >= 15 is 0 Å². The summed E-state index contributed by atoms with van der Waals surface area (Å²) in [6.45, 7) is 1.99. The molecule has 1 aliphatic heterocycles. The maximum absolute atomic E-state index is 9.29. The van der Waals surface area contributed by atoms with Crippen LogP contribution in [0.15, 0.2) is 60.9 Å². The van der Waals surface area contributed by atoms with Crippen LogP contribution in [-0.4, -0.2) is 27.2 Å². The van der Waals surface area contributed by atoms with Crippen molar-refractivity contribution in [3.8, 4) is 11.3 Å². The standard InChI is InChI=1S/C18H17N3O2/c1-13-7-9-20-16(11-13)19-17(14-5-3-2-4-6-14)18(20)21-10-8-15(12-22)23-21/h2-11,15,22H,12H2,1H3. The molecule has 1 aliphatic rings. The molecule has 0 amide bonds. The van der Waals surface area contributed by atoms with Crippen molar-refractivity contribution >= 4 is 11.5 Å². The minimum absolute atomic E-state index is 0.0521. The summed E-state index contributed by atoms with van der Waals surface area (Å²) in [5.74, 6) is 0.832. The summed E-state index contributed by atoms with van der Waals surface area (Å²) >= 11 is 0. The zero-order chi connectivity index (χ0) is 15.8. The molecule has 1 atom stereocenters. The number of aromatic nitrogens is 2. The lowest BCUT2D eigenvalue weighted by molar-refractivity contribution is 0.0555. The number of nitrogens with zero attached hydrogens (tertiary/aromatic N) is 3. The summed E-state index contributed by atoms with van der Waals surface area (Å²) in [5.41, 5.74) is 3.89. The van der Waals surface area contributed by atoms with Crippen molar-refractivity contribution in [2.24, 2.45) is 0 Å². The monoisotopic (exact) mass is 307 g/mol. The number of benzene rings is 1. The largest absolute Gasteiger partial charge is 0.393 e. The fourth-order valence-electron chi connectivity index (χ4n) is 2.74. The number of pyridine rings is 1. The van der Waals surface area contributed by atoms with E-state index < -0.39 is 0 Å². The highest BCUT2D eigenvalue weighted by atomic mass is 16.7. The molecule has 5 nitrogen and oxygen atoms in total. The number of anilines is 1. The number of hydrogen-bond donors (Lipinski definition) is 1. The van der Waals surface area contributed by atoms with E-state index in [2.05, 4.69) is 0 Å². The van der Waals surface area contributed by atoms with Crippen LogP contribution in [0.5, 0.6) is 0 Å². The van der Waals surface area contributed by atoms with Crippen LogP contribution in [0, 0.1) is 6.92 Å². The number of rotatable bonds is 3. The van der Waals surface area contributed by atoms with E-state index in [-0.39, 0.29) is 12.7 Å². The van der Waals surface area contributed by atoms with E-state index in [0.717, 1.165) is 28.3 Å². The Hall–Kier alpha value is -2.63. The molecule has 1 aromatic carbocycles. The summed E-state index contributed by atoms with van der Waals surface area (Å²) in [7, 11) is 0. The van der Waals surface area contributed by atoms with Crippen molar-refractivity contribution < 1.29 is 9.94 Å². The third-order valence-corrected chi connectivity index (χ3v) is 3.88. The molecule has 1 N–H and O–H groups in total. The van der Waals surface area contributed by atoms with Crippen LogP contribution in [0.1, 0.15) is 5.56 Å². The molecule has 0 bridgehead atoms. The van der Waals surface area contributed by atoms with Crippen LogP contribution >= 0.6 is 0 Å². The van der Waals surface area contributed by atoms with Crippen molar-refractivity contribution in [3.05, 3.63) is 66.5 Å². The van der Waals surface area contributed by atoms with Crippen LogP contribution in [0.3, 0.4) is 0 Å². The summed E-state index contributed by atoms with van der Waals surface area (Å²) in [4.78, 5) is 10.6. The molecule has 23 heavy (non-hydrogen) atoms. The molecule has 116 valence electrons. The molecule has 0 spiro atoms. The van der Waals surface area contributed by atoms with Crippen molar-refractivity contribution in [1.82, 2.24) is 9.38 Å². The van der Waals surface area contributed by atoms with Gasteiger partial charge in [0.15, 0.2) is 5.82 Å². The van der Waals surface area contributed by atoms with Gasteiger partial charge in [-0.15, -0.1) is 0 Å². The maximum Gasteiger partial charge on any atom is 0.170 e. The van der Waals surface area contributed by atoms with E-state index in [4.69, 9.17) is 9.82 Å². The average molecular weight is 307 g/mol. The Labute approximate surface area is 134 Å². The topological polar surface area (TPSA) is 50.0 Å². The second kappa shape index (κ2) is 5.53. The SMILES string of the molecule is Cc1ccn2c(N3C=CC(CO)O3)c(-c3ccccc3)nc2c1. The van der Waals surface area contributed by atoms with E-state index in [1.807, 2.05) is 72.3 Å². The van der Waals surface area contributed by atoms with Crippen LogP contribution in [0.4, 0.5) is 5.82 Å². The van der Waals surface area contributed by atoms with Crippen LogP contribution in [0.25, 0.3) is 16.9 Å². The second-order valence-corrected chi connectivity index (χ2v) is 5.58. The highest BCUT2D eigenvalue weighted by Crippen LogP contribution is 2.34. The second-order valence-electron chi connectivity index (χ2n) is 5.58. The summed E-state index contributed by atoms with van der Waals surface area (Å²) < 4.78 is 2.00. The summed E-state index contributed by atoms with van der Waals surface area (Å²) in [5, 5.41) is 11.0. The normalized spacial score (nSPS) is 17.3. The van der Waals surface area contributed by atoms with Crippen molar-refractivity contribution in [1.29, 1.82) is 0 Å². The molecule has 3 heterocycles. The molecule has 3 aromatic rings. The predicted octanol–water partition coefficient (Wildman–Crippen LogP) is 2.94. The fraction of sp³-hybridized carbons (Fsp3) is 0.167. The maximum atomic E-state index is 9.29. The minimum atomic E-state index is -0.324. The van der Waals surface area contributed by atoms with Crippen LogP contribution in [0.2, 0.25) is 0 Å².